The van der Waals surface area contributed by atoms with E-state index < -0.39 is 0 Å². The highest BCUT2D eigenvalue weighted by atomic mass is 16.3. The molecule has 2 aromatic rings. The number of rotatable bonds is 4. The van der Waals surface area contributed by atoms with Gasteiger partial charge in [-0.15, -0.1) is 0 Å². The first-order valence-electron chi connectivity index (χ1n) is 9.58. The van der Waals surface area contributed by atoms with Gasteiger partial charge in [0.2, 0.25) is 0 Å². The third-order valence-electron chi connectivity index (χ3n) is 5.39. The number of carbonyl (C=O) groups is 1. The molecule has 2 amide bonds. The summed E-state index contributed by atoms with van der Waals surface area (Å²) in [6.07, 6.45) is 9.06. The van der Waals surface area contributed by atoms with Gasteiger partial charge in [-0.05, 0) is 57.3 Å². The molecule has 0 bridgehead atoms. The second-order valence-electron chi connectivity index (χ2n) is 7.23. The molecule has 2 fully saturated rings. The smallest absolute Gasteiger partial charge is 0.322 e. The number of nitrogens with zero attached hydrogens (tertiary/aromatic N) is 3. The van der Waals surface area contributed by atoms with Gasteiger partial charge < -0.3 is 19.5 Å². The summed E-state index contributed by atoms with van der Waals surface area (Å²) in [6.45, 7) is 4.19. The first-order valence-corrected chi connectivity index (χ1v) is 9.58. The summed E-state index contributed by atoms with van der Waals surface area (Å²) in [4.78, 5) is 21.4. The third kappa shape index (κ3) is 3.90. The van der Waals surface area contributed by atoms with E-state index in [-0.39, 0.29) is 6.03 Å². The topological polar surface area (TPSA) is 61.6 Å². The van der Waals surface area contributed by atoms with Crippen molar-refractivity contribution in [1.82, 2.24) is 14.8 Å². The lowest BCUT2D eigenvalue weighted by Gasteiger charge is -2.37. The van der Waals surface area contributed by atoms with Crippen LogP contribution >= 0.6 is 0 Å². The van der Waals surface area contributed by atoms with E-state index in [2.05, 4.69) is 15.2 Å². The number of oxazole rings is 1. The largest absolute Gasteiger partial charge is 0.444 e. The van der Waals surface area contributed by atoms with Crippen LogP contribution in [0, 0.1) is 0 Å². The highest BCUT2D eigenvalue weighted by molar-refractivity contribution is 5.90. The van der Waals surface area contributed by atoms with Crippen molar-refractivity contribution in [1.29, 1.82) is 0 Å². The molecule has 0 unspecified atom stereocenters. The average Bonchev–Trinajstić information content (AvgIpc) is 3.36. The molecule has 2 aliphatic rings. The lowest BCUT2D eigenvalue weighted by Crippen LogP contribution is -2.50. The summed E-state index contributed by atoms with van der Waals surface area (Å²) in [5, 5.41) is 3.08. The molecule has 6 heteroatoms. The average molecular weight is 354 g/mol. The molecule has 0 radical (unpaired) electrons. The summed E-state index contributed by atoms with van der Waals surface area (Å²) < 4.78 is 5.35. The number of hydrogen-bond acceptors (Lipinski definition) is 4. The maximum absolute atomic E-state index is 12.9. The zero-order valence-corrected chi connectivity index (χ0v) is 15.1. The number of likely N-dealkylation sites (tertiary alicyclic amines) is 2. The fraction of sp³-hybridized carbons (Fsp3) is 0.500. The number of anilines is 1. The predicted octanol–water partition coefficient (Wildman–Crippen LogP) is 3.82. The molecule has 1 N–H and O–H groups in total. The fourth-order valence-corrected chi connectivity index (χ4v) is 4.02. The van der Waals surface area contributed by atoms with Crippen LogP contribution in [-0.2, 0) is 0 Å². The van der Waals surface area contributed by atoms with Crippen molar-refractivity contribution >= 4 is 11.7 Å². The molecule has 3 heterocycles. The Morgan fingerprint density at radius 3 is 2.85 bits per heavy atom. The van der Waals surface area contributed by atoms with Gasteiger partial charge in [0.05, 0.1) is 6.20 Å². The number of aromatic nitrogens is 1. The van der Waals surface area contributed by atoms with Gasteiger partial charge in [-0.25, -0.2) is 9.78 Å². The Labute approximate surface area is 154 Å². The highest BCUT2D eigenvalue weighted by Gasteiger charge is 2.29. The molecule has 1 atom stereocenters. The maximum atomic E-state index is 12.9. The van der Waals surface area contributed by atoms with Crippen molar-refractivity contribution < 1.29 is 9.21 Å². The summed E-state index contributed by atoms with van der Waals surface area (Å²) in [6, 6.07) is 8.04. The standard InChI is InChI=1S/C20H26N4O2/c25-20(22-17-7-5-6-16(12-17)19-13-21-15-26-19)24-11-2-1-8-18(24)14-23-9-3-4-10-23/h5-7,12-13,15,18H,1-4,8-11,14H2,(H,22,25)/t18-/m1/s1. The van der Waals surface area contributed by atoms with Crippen molar-refractivity contribution in [2.75, 3.05) is 31.5 Å². The van der Waals surface area contributed by atoms with Crippen LogP contribution in [0.15, 0.2) is 41.3 Å². The molecule has 1 aromatic heterocycles. The van der Waals surface area contributed by atoms with Gasteiger partial charge in [-0.2, -0.15) is 0 Å². The zero-order valence-electron chi connectivity index (χ0n) is 15.1. The number of hydrogen-bond donors (Lipinski definition) is 1. The molecular weight excluding hydrogens is 328 g/mol. The van der Waals surface area contributed by atoms with Crippen LogP contribution in [0.25, 0.3) is 11.3 Å². The minimum atomic E-state index is 0.00335. The van der Waals surface area contributed by atoms with Gasteiger partial charge in [0.15, 0.2) is 12.2 Å². The molecule has 0 saturated carbocycles. The molecule has 0 spiro atoms. The van der Waals surface area contributed by atoms with E-state index in [1.807, 2.05) is 29.2 Å². The first-order chi connectivity index (χ1) is 12.8. The number of carbonyl (C=O) groups excluding carboxylic acids is 1. The summed E-state index contributed by atoms with van der Waals surface area (Å²) in [5.41, 5.74) is 1.70. The number of urea groups is 1. The predicted molar refractivity (Wildman–Crippen MR) is 101 cm³/mol. The van der Waals surface area contributed by atoms with Crippen molar-refractivity contribution in [2.24, 2.45) is 0 Å². The van der Waals surface area contributed by atoms with Crippen LogP contribution in [0.3, 0.4) is 0 Å². The van der Waals surface area contributed by atoms with Crippen LogP contribution in [-0.4, -0.2) is 53.0 Å². The molecule has 138 valence electrons. The molecule has 2 aliphatic heterocycles. The molecule has 6 nitrogen and oxygen atoms in total. The fourth-order valence-electron chi connectivity index (χ4n) is 4.02. The van der Waals surface area contributed by atoms with Crippen LogP contribution in [0.1, 0.15) is 32.1 Å². The molecule has 4 rings (SSSR count). The minimum absolute atomic E-state index is 0.00335. The number of nitrogens with one attached hydrogen (secondary N) is 1. The van der Waals surface area contributed by atoms with Crippen LogP contribution in [0.4, 0.5) is 10.5 Å². The Balaban J connectivity index is 1.43. The Kier molecular flexibility index (Phi) is 5.20. The van der Waals surface area contributed by atoms with Gasteiger partial charge in [-0.3, -0.25) is 0 Å². The van der Waals surface area contributed by atoms with Gasteiger partial charge in [0, 0.05) is 30.4 Å². The van der Waals surface area contributed by atoms with E-state index in [9.17, 15) is 4.79 Å². The van der Waals surface area contributed by atoms with E-state index in [4.69, 9.17) is 4.42 Å². The van der Waals surface area contributed by atoms with Gasteiger partial charge >= 0.3 is 6.03 Å². The first kappa shape index (κ1) is 17.1. The van der Waals surface area contributed by atoms with Gasteiger partial charge in [-0.1, -0.05) is 12.1 Å². The lowest BCUT2D eigenvalue weighted by atomic mass is 10.0. The summed E-state index contributed by atoms with van der Waals surface area (Å²) in [5.74, 6) is 0.700. The third-order valence-corrected chi connectivity index (χ3v) is 5.39. The van der Waals surface area contributed by atoms with E-state index in [0.717, 1.165) is 37.2 Å². The second-order valence-corrected chi connectivity index (χ2v) is 7.23. The number of amides is 2. The van der Waals surface area contributed by atoms with Crippen LogP contribution in [0.5, 0.6) is 0 Å². The second kappa shape index (κ2) is 7.91. The Hall–Kier alpha value is -2.34. The Morgan fingerprint density at radius 2 is 2.04 bits per heavy atom. The monoisotopic (exact) mass is 354 g/mol. The number of benzene rings is 1. The molecular formula is C20H26N4O2. The van der Waals surface area contributed by atoms with Crippen molar-refractivity contribution in [3.05, 3.63) is 36.9 Å². The van der Waals surface area contributed by atoms with E-state index in [1.54, 1.807) is 6.20 Å². The Morgan fingerprint density at radius 1 is 1.19 bits per heavy atom. The minimum Gasteiger partial charge on any atom is -0.444 e. The highest BCUT2D eigenvalue weighted by Crippen LogP contribution is 2.24. The SMILES string of the molecule is O=C(Nc1cccc(-c2cnco2)c1)N1CCCC[C@@H]1CN1CCCC1. The normalized spacial score (nSPS) is 21.1. The quantitative estimate of drug-likeness (QED) is 0.906. The van der Waals surface area contributed by atoms with Crippen molar-refractivity contribution in [2.45, 2.75) is 38.1 Å². The van der Waals surface area contributed by atoms with E-state index in [0.29, 0.717) is 11.8 Å². The molecule has 2 saturated heterocycles. The van der Waals surface area contributed by atoms with E-state index >= 15 is 0 Å². The van der Waals surface area contributed by atoms with Crippen LogP contribution in [0.2, 0.25) is 0 Å². The van der Waals surface area contributed by atoms with Gasteiger partial charge in [0.1, 0.15) is 0 Å². The lowest BCUT2D eigenvalue weighted by molar-refractivity contribution is 0.136. The van der Waals surface area contributed by atoms with E-state index in [1.165, 1.54) is 38.7 Å². The summed E-state index contributed by atoms with van der Waals surface area (Å²) >= 11 is 0. The molecule has 1 aromatic carbocycles. The maximum Gasteiger partial charge on any atom is 0.322 e. The molecule has 26 heavy (non-hydrogen) atoms. The number of piperidine rings is 1. The summed E-state index contributed by atoms with van der Waals surface area (Å²) in [7, 11) is 0. The molecule has 0 aliphatic carbocycles. The van der Waals surface area contributed by atoms with Crippen molar-refractivity contribution in [3.8, 4) is 11.3 Å². The van der Waals surface area contributed by atoms with Crippen molar-refractivity contribution in [3.63, 3.8) is 0 Å². The zero-order chi connectivity index (χ0) is 17.8. The van der Waals surface area contributed by atoms with Gasteiger partial charge in [0.25, 0.3) is 0 Å². The Bertz CT molecular complexity index is 725. The van der Waals surface area contributed by atoms with Crippen LogP contribution < -0.4 is 5.32 Å².